The van der Waals surface area contributed by atoms with Crippen molar-refractivity contribution in [3.05, 3.63) is 47.0 Å². The highest BCUT2D eigenvalue weighted by Gasteiger charge is 2.35. The van der Waals surface area contributed by atoms with E-state index in [2.05, 4.69) is 10.5 Å². The van der Waals surface area contributed by atoms with E-state index in [1.807, 2.05) is 45.0 Å². The fourth-order valence-electron chi connectivity index (χ4n) is 4.54. The number of ether oxygens (including phenoxy) is 1. The number of carboxylic acid groups (broad SMARTS) is 1. The zero-order valence-electron chi connectivity index (χ0n) is 20.5. The van der Waals surface area contributed by atoms with Crippen LogP contribution in [0.15, 0.2) is 28.8 Å². The fraction of sp³-hybridized carbons (Fsp3) is 0.462. The van der Waals surface area contributed by atoms with Crippen molar-refractivity contribution in [1.29, 1.82) is 0 Å². The van der Waals surface area contributed by atoms with E-state index in [4.69, 9.17) is 19.2 Å². The number of likely N-dealkylation sites (N-methyl/N-ethyl adjacent to an activating group) is 1. The van der Waals surface area contributed by atoms with E-state index in [1.54, 1.807) is 7.05 Å². The second-order valence-electron chi connectivity index (χ2n) is 9.29. The quantitative estimate of drug-likeness (QED) is 0.400. The summed E-state index contributed by atoms with van der Waals surface area (Å²) in [6, 6.07) is 7.49. The second kappa shape index (κ2) is 10.5. The smallest absolute Gasteiger partial charge is 0.306 e. The minimum atomic E-state index is -0.727. The Kier molecular flexibility index (Phi) is 7.47. The summed E-state index contributed by atoms with van der Waals surface area (Å²) in [5, 5.41) is 26.2. The summed E-state index contributed by atoms with van der Waals surface area (Å²) < 4.78 is 11.2. The van der Waals surface area contributed by atoms with Crippen LogP contribution in [0.1, 0.15) is 35.6 Å². The number of aliphatic hydroxyl groups excluding tert-OH is 1. The Hall–Kier alpha value is -3.30. The SMILES string of the molecule is CNCC(O)COc1cccc(-c2nc(CC3CC(C(=O)O)C3)c(C)c(-c3c(C)noc3C)n2)c1. The number of nitrogens with one attached hydrogen (secondary N) is 1. The molecule has 0 saturated heterocycles. The van der Waals surface area contributed by atoms with Crippen molar-refractivity contribution in [1.82, 2.24) is 20.4 Å². The van der Waals surface area contributed by atoms with E-state index < -0.39 is 12.1 Å². The van der Waals surface area contributed by atoms with E-state index >= 15 is 0 Å². The van der Waals surface area contributed by atoms with Gasteiger partial charge in [-0.05, 0) is 70.7 Å². The molecule has 1 aliphatic carbocycles. The lowest BCUT2D eigenvalue weighted by atomic mass is 9.72. The predicted octanol–water partition coefficient (Wildman–Crippen LogP) is 3.34. The molecule has 0 amide bonds. The van der Waals surface area contributed by atoms with Crippen molar-refractivity contribution in [3.8, 4) is 28.4 Å². The van der Waals surface area contributed by atoms with Crippen LogP contribution in [0.25, 0.3) is 22.6 Å². The first-order chi connectivity index (χ1) is 16.8. The number of nitrogens with zero attached hydrogens (tertiary/aromatic N) is 3. The van der Waals surface area contributed by atoms with Crippen molar-refractivity contribution >= 4 is 5.97 Å². The molecule has 2 heterocycles. The minimum absolute atomic E-state index is 0.168. The highest BCUT2D eigenvalue weighted by atomic mass is 16.5. The third-order valence-electron chi connectivity index (χ3n) is 6.56. The summed E-state index contributed by atoms with van der Waals surface area (Å²) in [5.74, 6) is 1.14. The Balaban J connectivity index is 1.68. The van der Waals surface area contributed by atoms with E-state index in [0.717, 1.165) is 33.8 Å². The molecule has 1 fully saturated rings. The van der Waals surface area contributed by atoms with Crippen LogP contribution in [0, 0.1) is 32.6 Å². The predicted molar refractivity (Wildman–Crippen MR) is 130 cm³/mol. The minimum Gasteiger partial charge on any atom is -0.491 e. The monoisotopic (exact) mass is 480 g/mol. The Morgan fingerprint density at radius 3 is 2.69 bits per heavy atom. The molecule has 4 rings (SSSR count). The molecule has 1 aliphatic rings. The molecular formula is C26H32N4O5. The van der Waals surface area contributed by atoms with Gasteiger partial charge in [0.2, 0.25) is 0 Å². The van der Waals surface area contributed by atoms with Gasteiger partial charge < -0.3 is 24.8 Å². The highest BCUT2D eigenvalue weighted by molar-refractivity contribution is 5.72. The molecule has 0 radical (unpaired) electrons. The molecule has 0 spiro atoms. The molecule has 0 bridgehead atoms. The van der Waals surface area contributed by atoms with Crippen molar-refractivity contribution in [2.45, 2.75) is 46.1 Å². The van der Waals surface area contributed by atoms with Crippen LogP contribution in [-0.2, 0) is 11.2 Å². The lowest BCUT2D eigenvalue weighted by Crippen LogP contribution is -2.31. The number of aromatic nitrogens is 3. The van der Waals surface area contributed by atoms with Crippen LogP contribution in [0.2, 0.25) is 0 Å². The van der Waals surface area contributed by atoms with Crippen LogP contribution in [0.4, 0.5) is 0 Å². The molecule has 35 heavy (non-hydrogen) atoms. The normalized spacial score (nSPS) is 18.2. The van der Waals surface area contributed by atoms with E-state index in [0.29, 0.717) is 43.1 Å². The van der Waals surface area contributed by atoms with Gasteiger partial charge in [-0.1, -0.05) is 17.3 Å². The third-order valence-corrected chi connectivity index (χ3v) is 6.56. The van der Waals surface area contributed by atoms with Crippen LogP contribution in [-0.4, -0.2) is 57.6 Å². The first kappa shape index (κ1) is 24.8. The Labute approximate surface area is 204 Å². The van der Waals surface area contributed by atoms with Crippen LogP contribution in [0.5, 0.6) is 5.75 Å². The number of carboxylic acids is 1. The summed E-state index contributed by atoms with van der Waals surface area (Å²) in [6.45, 7) is 6.36. The highest BCUT2D eigenvalue weighted by Crippen LogP contribution is 2.38. The van der Waals surface area contributed by atoms with Crippen molar-refractivity contribution in [2.75, 3.05) is 20.2 Å². The standard InChI is InChI=1S/C26H32N4O5/c1-14-22(10-17-8-19(9-17)26(32)33)28-25(29-24(14)23-15(2)30-35-16(23)3)18-6-5-7-21(11-18)34-13-20(31)12-27-4/h5-7,11,17,19-20,27,31H,8-10,12-13H2,1-4H3,(H,32,33). The van der Waals surface area contributed by atoms with E-state index in [-0.39, 0.29) is 18.4 Å². The fourth-order valence-corrected chi connectivity index (χ4v) is 4.54. The molecule has 186 valence electrons. The maximum atomic E-state index is 11.3. The molecule has 9 heteroatoms. The molecule has 3 N–H and O–H groups in total. The lowest BCUT2D eigenvalue weighted by molar-refractivity contribution is -0.146. The van der Waals surface area contributed by atoms with Gasteiger partial charge in [-0.15, -0.1) is 0 Å². The Morgan fingerprint density at radius 2 is 2.03 bits per heavy atom. The number of hydrogen-bond acceptors (Lipinski definition) is 8. The number of rotatable bonds is 10. The number of hydrogen-bond donors (Lipinski definition) is 3. The van der Waals surface area contributed by atoms with Gasteiger partial charge in [0.25, 0.3) is 0 Å². The molecular weight excluding hydrogens is 448 g/mol. The van der Waals surface area contributed by atoms with Crippen molar-refractivity contribution in [3.63, 3.8) is 0 Å². The zero-order valence-corrected chi connectivity index (χ0v) is 20.5. The third kappa shape index (κ3) is 5.52. The van der Waals surface area contributed by atoms with Gasteiger partial charge in [-0.25, -0.2) is 9.97 Å². The van der Waals surface area contributed by atoms with E-state index in [1.165, 1.54) is 0 Å². The summed E-state index contributed by atoms with van der Waals surface area (Å²) in [5.41, 5.74) is 5.01. The molecule has 2 aromatic heterocycles. The maximum absolute atomic E-state index is 11.3. The van der Waals surface area contributed by atoms with Gasteiger partial charge in [-0.2, -0.15) is 0 Å². The van der Waals surface area contributed by atoms with E-state index in [9.17, 15) is 15.0 Å². The van der Waals surface area contributed by atoms with Gasteiger partial charge >= 0.3 is 5.97 Å². The van der Waals surface area contributed by atoms with Gasteiger partial charge in [0, 0.05) is 17.8 Å². The second-order valence-corrected chi connectivity index (χ2v) is 9.29. The Morgan fingerprint density at radius 1 is 1.26 bits per heavy atom. The van der Waals surface area contributed by atoms with Crippen molar-refractivity contribution < 1.29 is 24.3 Å². The molecule has 1 saturated carbocycles. The van der Waals surface area contributed by atoms with Gasteiger partial charge in [0.15, 0.2) is 5.82 Å². The first-order valence-electron chi connectivity index (χ1n) is 11.9. The average Bonchev–Trinajstić information content (AvgIpc) is 3.13. The Bertz CT molecular complexity index is 1180. The van der Waals surface area contributed by atoms with Crippen LogP contribution >= 0.6 is 0 Å². The molecule has 1 atom stereocenters. The van der Waals surface area contributed by atoms with Crippen molar-refractivity contribution in [2.24, 2.45) is 11.8 Å². The molecule has 3 aromatic rings. The molecule has 0 aliphatic heterocycles. The maximum Gasteiger partial charge on any atom is 0.306 e. The van der Waals surface area contributed by atoms with Crippen LogP contribution < -0.4 is 10.1 Å². The summed E-state index contributed by atoms with van der Waals surface area (Å²) >= 11 is 0. The summed E-state index contributed by atoms with van der Waals surface area (Å²) in [4.78, 5) is 21.1. The lowest BCUT2D eigenvalue weighted by Gasteiger charge is -2.32. The molecule has 1 aromatic carbocycles. The van der Waals surface area contributed by atoms with Gasteiger partial charge in [-0.3, -0.25) is 4.79 Å². The molecule has 1 unspecified atom stereocenters. The number of carbonyl (C=O) groups is 1. The topological polar surface area (TPSA) is 131 Å². The summed E-state index contributed by atoms with van der Waals surface area (Å²) in [6.07, 6.45) is 1.39. The number of aliphatic hydroxyl groups is 1. The van der Waals surface area contributed by atoms with Gasteiger partial charge in [0.05, 0.1) is 22.9 Å². The average molecular weight is 481 g/mol. The summed E-state index contributed by atoms with van der Waals surface area (Å²) in [7, 11) is 1.78. The number of aryl methyl sites for hydroxylation is 2. The first-order valence-corrected chi connectivity index (χ1v) is 11.9. The zero-order chi connectivity index (χ0) is 25.1. The largest absolute Gasteiger partial charge is 0.491 e. The number of benzene rings is 1. The molecule has 9 nitrogen and oxygen atoms in total. The van der Waals surface area contributed by atoms with Gasteiger partial charge in [0.1, 0.15) is 24.2 Å². The van der Waals surface area contributed by atoms with Crippen LogP contribution in [0.3, 0.4) is 0 Å². The number of aliphatic carboxylic acids is 1.